The Hall–Kier alpha value is -2.37. The summed E-state index contributed by atoms with van der Waals surface area (Å²) in [6, 6.07) is 8.13. The van der Waals surface area contributed by atoms with Crippen molar-refractivity contribution in [2.75, 3.05) is 12.4 Å². The second-order valence-electron chi connectivity index (χ2n) is 6.42. The van der Waals surface area contributed by atoms with E-state index in [1.165, 1.54) is 12.0 Å². The van der Waals surface area contributed by atoms with Crippen LogP contribution in [0, 0.1) is 5.92 Å². The number of carbonyl (C=O) groups excluding carboxylic acids is 3. The molecule has 128 valence electrons. The van der Waals surface area contributed by atoms with E-state index in [4.69, 9.17) is 4.74 Å². The Balaban J connectivity index is 1.79. The third kappa shape index (κ3) is 3.13. The minimum Gasteiger partial charge on any atom is -0.467 e. The molecule has 1 saturated carbocycles. The third-order valence-corrected chi connectivity index (χ3v) is 5.02. The molecule has 1 aliphatic heterocycles. The van der Waals surface area contributed by atoms with Gasteiger partial charge in [0.25, 0.3) is 0 Å². The summed E-state index contributed by atoms with van der Waals surface area (Å²) < 4.78 is 4.85. The van der Waals surface area contributed by atoms with E-state index in [2.05, 4.69) is 5.32 Å². The first-order valence-electron chi connectivity index (χ1n) is 8.38. The molecule has 0 spiro atoms. The van der Waals surface area contributed by atoms with Crippen LogP contribution in [0.25, 0.3) is 0 Å². The number of methoxy groups -OCH3 is 1. The largest absolute Gasteiger partial charge is 0.467 e. The van der Waals surface area contributed by atoms with E-state index in [9.17, 15) is 14.4 Å². The van der Waals surface area contributed by atoms with Gasteiger partial charge in [0, 0.05) is 11.7 Å². The lowest BCUT2D eigenvalue weighted by atomic mass is 9.85. The van der Waals surface area contributed by atoms with Gasteiger partial charge in [-0.15, -0.1) is 0 Å². The van der Waals surface area contributed by atoms with Crippen molar-refractivity contribution in [3.63, 3.8) is 0 Å². The summed E-state index contributed by atoms with van der Waals surface area (Å²) in [4.78, 5) is 38.7. The Bertz CT molecular complexity index is 631. The van der Waals surface area contributed by atoms with Crippen molar-refractivity contribution in [2.45, 2.75) is 44.2 Å². The SMILES string of the molecule is COC(=O)[C@@H]1C[C@@H]2CCCC[C@H]2N1C(=O)C(=O)Nc1ccccc1. The number of benzene rings is 1. The lowest BCUT2D eigenvalue weighted by Crippen LogP contribution is -2.50. The molecule has 2 fully saturated rings. The van der Waals surface area contributed by atoms with Gasteiger partial charge in [0.15, 0.2) is 0 Å². The molecule has 1 aromatic rings. The molecule has 0 aromatic heterocycles. The lowest BCUT2D eigenvalue weighted by molar-refractivity contribution is -0.154. The predicted octanol–water partition coefficient (Wildman–Crippen LogP) is 1.96. The van der Waals surface area contributed by atoms with Gasteiger partial charge in [-0.1, -0.05) is 31.0 Å². The quantitative estimate of drug-likeness (QED) is 0.664. The Morgan fingerprint density at radius 3 is 2.54 bits per heavy atom. The fraction of sp³-hybridized carbons (Fsp3) is 0.500. The van der Waals surface area contributed by atoms with E-state index in [-0.39, 0.29) is 12.0 Å². The van der Waals surface area contributed by atoms with Crippen molar-refractivity contribution in [3.05, 3.63) is 30.3 Å². The summed E-state index contributed by atoms with van der Waals surface area (Å²) in [5.74, 6) is -1.52. The smallest absolute Gasteiger partial charge is 0.328 e. The van der Waals surface area contributed by atoms with Crippen molar-refractivity contribution in [2.24, 2.45) is 5.92 Å². The molecule has 0 radical (unpaired) electrons. The van der Waals surface area contributed by atoms with Gasteiger partial charge in [0.2, 0.25) is 0 Å². The molecule has 2 amide bonds. The average molecular weight is 330 g/mol. The second-order valence-corrected chi connectivity index (χ2v) is 6.42. The zero-order chi connectivity index (χ0) is 17.1. The number of esters is 1. The molecule has 1 aromatic carbocycles. The highest BCUT2D eigenvalue weighted by Gasteiger charge is 2.49. The van der Waals surface area contributed by atoms with Crippen LogP contribution in [0.3, 0.4) is 0 Å². The Morgan fingerprint density at radius 2 is 1.83 bits per heavy atom. The van der Waals surface area contributed by atoms with Crippen LogP contribution < -0.4 is 5.32 Å². The first-order valence-corrected chi connectivity index (χ1v) is 8.38. The number of ether oxygens (including phenoxy) is 1. The molecule has 6 nitrogen and oxygen atoms in total. The van der Waals surface area contributed by atoms with Gasteiger partial charge < -0.3 is 15.0 Å². The monoisotopic (exact) mass is 330 g/mol. The molecule has 1 aliphatic carbocycles. The summed E-state index contributed by atoms with van der Waals surface area (Å²) in [6.07, 6.45) is 4.53. The van der Waals surface area contributed by atoms with E-state index in [0.717, 1.165) is 25.7 Å². The molecule has 2 aliphatic rings. The van der Waals surface area contributed by atoms with E-state index < -0.39 is 23.8 Å². The van der Waals surface area contributed by atoms with Gasteiger partial charge in [-0.3, -0.25) is 9.59 Å². The Morgan fingerprint density at radius 1 is 1.12 bits per heavy atom. The highest BCUT2D eigenvalue weighted by Crippen LogP contribution is 2.40. The number of nitrogens with one attached hydrogen (secondary N) is 1. The van der Waals surface area contributed by atoms with Gasteiger partial charge in [-0.2, -0.15) is 0 Å². The number of para-hydroxylation sites is 1. The summed E-state index contributed by atoms with van der Waals surface area (Å²) in [5, 5.41) is 2.61. The Labute approximate surface area is 141 Å². The minimum absolute atomic E-state index is 0.0446. The third-order valence-electron chi connectivity index (χ3n) is 5.02. The molecule has 6 heteroatoms. The zero-order valence-corrected chi connectivity index (χ0v) is 13.7. The van der Waals surface area contributed by atoms with Crippen LogP contribution in [-0.2, 0) is 19.1 Å². The molecule has 3 atom stereocenters. The number of hydrogen-bond acceptors (Lipinski definition) is 4. The van der Waals surface area contributed by atoms with E-state index in [1.807, 2.05) is 6.07 Å². The average Bonchev–Trinajstić information content (AvgIpc) is 3.00. The first kappa shape index (κ1) is 16.5. The van der Waals surface area contributed by atoms with Gasteiger partial charge in [-0.25, -0.2) is 4.79 Å². The van der Waals surface area contributed by atoms with Crippen molar-refractivity contribution in [1.29, 1.82) is 0 Å². The molecule has 0 unspecified atom stereocenters. The van der Waals surface area contributed by atoms with Crippen molar-refractivity contribution < 1.29 is 19.1 Å². The molecule has 3 rings (SSSR count). The van der Waals surface area contributed by atoms with Crippen molar-refractivity contribution in [1.82, 2.24) is 4.90 Å². The number of nitrogens with zero attached hydrogens (tertiary/aromatic N) is 1. The Kier molecular flexibility index (Phi) is 4.83. The van der Waals surface area contributed by atoms with Gasteiger partial charge in [0.1, 0.15) is 6.04 Å². The number of hydrogen-bond donors (Lipinski definition) is 1. The molecule has 0 bridgehead atoms. The van der Waals surface area contributed by atoms with E-state index >= 15 is 0 Å². The number of amides is 2. The maximum Gasteiger partial charge on any atom is 0.328 e. The first-order chi connectivity index (χ1) is 11.6. The summed E-state index contributed by atoms with van der Waals surface area (Å²) in [6.45, 7) is 0. The predicted molar refractivity (Wildman–Crippen MR) is 88.1 cm³/mol. The zero-order valence-electron chi connectivity index (χ0n) is 13.7. The minimum atomic E-state index is -0.707. The number of rotatable bonds is 2. The van der Waals surface area contributed by atoms with Crippen LogP contribution >= 0.6 is 0 Å². The van der Waals surface area contributed by atoms with Crippen molar-refractivity contribution >= 4 is 23.5 Å². The summed E-state index contributed by atoms with van der Waals surface area (Å²) >= 11 is 0. The van der Waals surface area contributed by atoms with Crippen LogP contribution in [0.5, 0.6) is 0 Å². The summed E-state index contributed by atoms with van der Waals surface area (Å²) in [5.41, 5.74) is 0.560. The van der Waals surface area contributed by atoms with Crippen LogP contribution in [-0.4, -0.2) is 41.9 Å². The molecule has 1 heterocycles. The maximum absolute atomic E-state index is 12.7. The molecular weight excluding hydrogens is 308 g/mol. The lowest BCUT2D eigenvalue weighted by Gasteiger charge is -2.32. The fourth-order valence-corrected chi connectivity index (χ4v) is 3.92. The topological polar surface area (TPSA) is 75.7 Å². The van der Waals surface area contributed by atoms with Crippen molar-refractivity contribution in [3.8, 4) is 0 Å². The molecule has 24 heavy (non-hydrogen) atoms. The van der Waals surface area contributed by atoms with Crippen LogP contribution in [0.1, 0.15) is 32.1 Å². The van der Waals surface area contributed by atoms with E-state index in [1.54, 1.807) is 24.3 Å². The second kappa shape index (κ2) is 7.03. The number of anilines is 1. The highest BCUT2D eigenvalue weighted by molar-refractivity contribution is 6.40. The normalized spacial score (nSPS) is 25.7. The van der Waals surface area contributed by atoms with Crippen LogP contribution in [0.4, 0.5) is 5.69 Å². The number of fused-ring (bicyclic) bond motifs is 1. The number of likely N-dealkylation sites (tertiary alicyclic amines) is 1. The molecular formula is C18H22N2O4. The highest BCUT2D eigenvalue weighted by atomic mass is 16.5. The number of carbonyl (C=O) groups is 3. The molecule has 1 N–H and O–H groups in total. The van der Waals surface area contributed by atoms with Gasteiger partial charge in [-0.05, 0) is 37.3 Å². The van der Waals surface area contributed by atoms with Gasteiger partial charge in [0.05, 0.1) is 7.11 Å². The summed E-state index contributed by atoms with van der Waals surface area (Å²) in [7, 11) is 1.32. The fourth-order valence-electron chi connectivity index (χ4n) is 3.92. The van der Waals surface area contributed by atoms with E-state index in [0.29, 0.717) is 12.1 Å². The molecule has 1 saturated heterocycles. The maximum atomic E-state index is 12.7. The van der Waals surface area contributed by atoms with Crippen LogP contribution in [0.15, 0.2) is 30.3 Å². The van der Waals surface area contributed by atoms with Crippen LogP contribution in [0.2, 0.25) is 0 Å². The standard InChI is InChI=1S/C18H22N2O4/c1-24-18(23)15-11-12-7-5-6-10-14(12)20(15)17(22)16(21)19-13-8-3-2-4-9-13/h2-4,8-9,12,14-15H,5-7,10-11H2,1H3,(H,19,21)/t12-,14+,15-/m0/s1. The van der Waals surface area contributed by atoms with Gasteiger partial charge >= 0.3 is 17.8 Å².